The van der Waals surface area contributed by atoms with Crippen molar-refractivity contribution in [3.63, 3.8) is 0 Å². The van der Waals surface area contributed by atoms with Gasteiger partial charge in [-0.15, -0.1) is 11.3 Å². The summed E-state index contributed by atoms with van der Waals surface area (Å²) in [5, 5.41) is 9.83. The second kappa shape index (κ2) is 4.96. The van der Waals surface area contributed by atoms with Gasteiger partial charge in [-0.3, -0.25) is 0 Å². The summed E-state index contributed by atoms with van der Waals surface area (Å²) in [5.41, 5.74) is 1.14. The third-order valence-electron chi connectivity index (χ3n) is 2.78. The molecule has 1 atom stereocenters. The lowest BCUT2D eigenvalue weighted by atomic mass is 10.2. The van der Waals surface area contributed by atoms with E-state index in [2.05, 4.69) is 49.2 Å². The number of anilines is 1. The molecule has 0 radical (unpaired) electrons. The van der Waals surface area contributed by atoms with Crippen LogP contribution in [0.5, 0.6) is 0 Å². The van der Waals surface area contributed by atoms with Crippen LogP contribution in [0.3, 0.4) is 0 Å². The number of hydrogen-bond donors (Lipinski definition) is 1. The first-order valence-corrected chi connectivity index (χ1v) is 7.46. The molecule has 3 nitrogen and oxygen atoms in total. The fraction of sp³-hybridized carbons (Fsp3) is 0.154. The third kappa shape index (κ3) is 2.19. The Hall–Kier alpha value is -1.59. The zero-order valence-corrected chi connectivity index (χ0v) is 11.5. The first kappa shape index (κ1) is 11.5. The minimum atomic E-state index is 0.111. The molecule has 3 heterocycles. The van der Waals surface area contributed by atoms with Crippen molar-refractivity contribution in [1.29, 1.82) is 0 Å². The molecule has 0 aliphatic rings. The van der Waals surface area contributed by atoms with Crippen LogP contribution >= 0.6 is 22.7 Å². The Balaban J connectivity index is 1.97. The van der Waals surface area contributed by atoms with E-state index in [9.17, 15) is 0 Å². The highest BCUT2D eigenvalue weighted by Gasteiger charge is 2.19. The SMILES string of the molecule is Cn1ccnc1C(Nc1ccsc1)c1cccs1. The Kier molecular flexibility index (Phi) is 3.17. The van der Waals surface area contributed by atoms with Crippen LogP contribution in [0.25, 0.3) is 0 Å². The largest absolute Gasteiger partial charge is 0.370 e. The van der Waals surface area contributed by atoms with Crippen LogP contribution in [0.2, 0.25) is 0 Å². The van der Waals surface area contributed by atoms with E-state index < -0.39 is 0 Å². The molecule has 0 aromatic carbocycles. The molecule has 92 valence electrons. The van der Waals surface area contributed by atoms with E-state index in [1.165, 1.54) is 4.88 Å². The van der Waals surface area contributed by atoms with Gasteiger partial charge in [-0.2, -0.15) is 11.3 Å². The zero-order chi connectivity index (χ0) is 12.4. The fourth-order valence-corrected chi connectivity index (χ4v) is 3.26. The van der Waals surface area contributed by atoms with Crippen LogP contribution in [-0.4, -0.2) is 9.55 Å². The molecule has 0 amide bonds. The molecule has 0 spiro atoms. The molecule has 0 fully saturated rings. The molecule has 3 aromatic heterocycles. The van der Waals surface area contributed by atoms with Gasteiger partial charge in [0, 0.05) is 35.4 Å². The molecule has 3 aromatic rings. The second-order valence-electron chi connectivity index (χ2n) is 4.00. The average Bonchev–Trinajstić information content (AvgIpc) is 3.09. The highest BCUT2D eigenvalue weighted by Crippen LogP contribution is 2.29. The topological polar surface area (TPSA) is 29.9 Å². The molecule has 0 aliphatic heterocycles. The number of hydrogen-bond acceptors (Lipinski definition) is 4. The smallest absolute Gasteiger partial charge is 0.136 e. The van der Waals surface area contributed by atoms with Gasteiger partial charge in [0.05, 0.1) is 0 Å². The number of aryl methyl sites for hydroxylation is 1. The lowest BCUT2D eigenvalue weighted by molar-refractivity contribution is 0.757. The predicted molar refractivity (Wildman–Crippen MR) is 77.3 cm³/mol. The number of rotatable bonds is 4. The summed E-state index contributed by atoms with van der Waals surface area (Å²) in [5.74, 6) is 1.03. The summed E-state index contributed by atoms with van der Waals surface area (Å²) in [6, 6.07) is 6.42. The van der Waals surface area contributed by atoms with Gasteiger partial charge in [0.1, 0.15) is 11.9 Å². The Bertz CT molecular complexity index is 596. The fourth-order valence-electron chi connectivity index (χ4n) is 1.89. The van der Waals surface area contributed by atoms with E-state index in [-0.39, 0.29) is 6.04 Å². The van der Waals surface area contributed by atoms with Gasteiger partial charge in [-0.1, -0.05) is 6.07 Å². The minimum absolute atomic E-state index is 0.111. The van der Waals surface area contributed by atoms with Gasteiger partial charge in [0.15, 0.2) is 0 Å². The molecule has 0 aliphatic carbocycles. The van der Waals surface area contributed by atoms with Gasteiger partial charge in [-0.25, -0.2) is 4.98 Å². The second-order valence-corrected chi connectivity index (χ2v) is 5.76. The van der Waals surface area contributed by atoms with E-state index in [1.807, 2.05) is 19.4 Å². The quantitative estimate of drug-likeness (QED) is 0.786. The molecule has 3 rings (SSSR count). The van der Waals surface area contributed by atoms with E-state index in [0.717, 1.165) is 11.5 Å². The van der Waals surface area contributed by atoms with E-state index in [4.69, 9.17) is 0 Å². The van der Waals surface area contributed by atoms with Crippen LogP contribution in [0, 0.1) is 0 Å². The average molecular weight is 275 g/mol. The molecule has 0 saturated heterocycles. The first-order valence-electron chi connectivity index (χ1n) is 5.64. The van der Waals surface area contributed by atoms with Crippen LogP contribution < -0.4 is 5.32 Å². The summed E-state index contributed by atoms with van der Waals surface area (Å²) >= 11 is 3.44. The van der Waals surface area contributed by atoms with Crippen molar-refractivity contribution in [2.45, 2.75) is 6.04 Å². The zero-order valence-electron chi connectivity index (χ0n) is 9.91. The van der Waals surface area contributed by atoms with Gasteiger partial charge in [0.25, 0.3) is 0 Å². The van der Waals surface area contributed by atoms with E-state index >= 15 is 0 Å². The minimum Gasteiger partial charge on any atom is -0.370 e. The molecule has 0 saturated carbocycles. The number of nitrogens with zero attached hydrogens (tertiary/aromatic N) is 2. The number of thiophene rings is 2. The van der Waals surface area contributed by atoms with Gasteiger partial charge in [0.2, 0.25) is 0 Å². The molecule has 0 bridgehead atoms. The maximum Gasteiger partial charge on any atom is 0.136 e. The maximum absolute atomic E-state index is 4.46. The monoisotopic (exact) mass is 275 g/mol. The highest BCUT2D eigenvalue weighted by atomic mass is 32.1. The Morgan fingerprint density at radius 2 is 2.28 bits per heavy atom. The van der Waals surface area contributed by atoms with Gasteiger partial charge < -0.3 is 9.88 Å². The van der Waals surface area contributed by atoms with Crippen LogP contribution in [-0.2, 0) is 7.05 Å². The Labute approximate surface area is 114 Å². The van der Waals surface area contributed by atoms with Crippen LogP contribution in [0.4, 0.5) is 5.69 Å². The van der Waals surface area contributed by atoms with Crippen LogP contribution in [0.15, 0.2) is 46.7 Å². The molecular weight excluding hydrogens is 262 g/mol. The third-order valence-corrected chi connectivity index (χ3v) is 4.40. The lowest BCUT2D eigenvalue weighted by Gasteiger charge is -2.17. The summed E-state index contributed by atoms with van der Waals surface area (Å²) in [4.78, 5) is 5.74. The summed E-state index contributed by atoms with van der Waals surface area (Å²) in [6.07, 6.45) is 3.82. The molecular formula is C13H13N3S2. The van der Waals surface area contributed by atoms with E-state index in [1.54, 1.807) is 22.7 Å². The molecule has 1 unspecified atom stereocenters. The van der Waals surface area contributed by atoms with Crippen LogP contribution in [0.1, 0.15) is 16.7 Å². The highest BCUT2D eigenvalue weighted by molar-refractivity contribution is 7.10. The normalized spacial score (nSPS) is 12.5. The molecule has 1 N–H and O–H groups in total. The van der Waals surface area contributed by atoms with Gasteiger partial charge >= 0.3 is 0 Å². The molecule has 5 heteroatoms. The summed E-state index contributed by atoms with van der Waals surface area (Å²) in [7, 11) is 2.03. The predicted octanol–water partition coefficient (Wildman–Crippen LogP) is 3.74. The van der Waals surface area contributed by atoms with Crippen molar-refractivity contribution >= 4 is 28.4 Å². The lowest BCUT2D eigenvalue weighted by Crippen LogP contribution is -2.15. The number of nitrogens with one attached hydrogen (secondary N) is 1. The van der Waals surface area contributed by atoms with Crippen molar-refractivity contribution < 1.29 is 0 Å². The summed E-state index contributed by atoms with van der Waals surface area (Å²) < 4.78 is 2.06. The van der Waals surface area contributed by atoms with Crippen molar-refractivity contribution in [2.75, 3.05) is 5.32 Å². The maximum atomic E-state index is 4.46. The summed E-state index contributed by atoms with van der Waals surface area (Å²) in [6.45, 7) is 0. The first-order chi connectivity index (χ1) is 8.84. The Morgan fingerprint density at radius 1 is 1.33 bits per heavy atom. The standard InChI is InChI=1S/C13H13N3S2/c1-16-6-5-14-13(16)12(11-3-2-7-18-11)15-10-4-8-17-9-10/h2-9,12,15H,1H3. The van der Waals surface area contributed by atoms with Crippen molar-refractivity contribution in [1.82, 2.24) is 9.55 Å². The van der Waals surface area contributed by atoms with Gasteiger partial charge in [-0.05, 0) is 22.9 Å². The number of imidazole rings is 1. The van der Waals surface area contributed by atoms with E-state index in [0.29, 0.717) is 0 Å². The number of aromatic nitrogens is 2. The van der Waals surface area contributed by atoms with Crippen molar-refractivity contribution in [2.24, 2.45) is 7.05 Å². The molecule has 18 heavy (non-hydrogen) atoms. The van der Waals surface area contributed by atoms with Crippen molar-refractivity contribution in [3.8, 4) is 0 Å². The Morgan fingerprint density at radius 3 is 2.89 bits per heavy atom. The van der Waals surface area contributed by atoms with Crippen molar-refractivity contribution in [3.05, 3.63) is 57.4 Å².